The van der Waals surface area contributed by atoms with E-state index in [1.165, 1.54) is 6.42 Å². The van der Waals surface area contributed by atoms with Crippen molar-refractivity contribution in [2.45, 2.75) is 63.9 Å². The third-order valence-electron chi connectivity index (χ3n) is 4.59. The summed E-state index contributed by atoms with van der Waals surface area (Å²) in [5, 5.41) is 0. The van der Waals surface area contributed by atoms with Crippen LogP contribution in [0.4, 0.5) is 8.78 Å². The Bertz CT molecular complexity index is 418. The van der Waals surface area contributed by atoms with E-state index in [1.54, 1.807) is 0 Å². The second-order valence-corrected chi connectivity index (χ2v) is 6.33. The molecule has 2 aliphatic rings. The van der Waals surface area contributed by atoms with E-state index in [1.807, 2.05) is 6.92 Å². The van der Waals surface area contributed by atoms with Gasteiger partial charge in [0.2, 0.25) is 0 Å². The maximum atomic E-state index is 12.7. The summed E-state index contributed by atoms with van der Waals surface area (Å²) < 4.78 is 35.2. The number of hydrogen-bond donors (Lipinski definition) is 0. The highest BCUT2D eigenvalue weighted by Gasteiger charge is 2.53. The van der Waals surface area contributed by atoms with Crippen molar-refractivity contribution in [1.29, 1.82) is 0 Å². The lowest BCUT2D eigenvalue weighted by Gasteiger charge is -2.37. The van der Waals surface area contributed by atoms with Crippen molar-refractivity contribution < 1.29 is 27.8 Å². The summed E-state index contributed by atoms with van der Waals surface area (Å²) in [6, 6.07) is 0. The van der Waals surface area contributed by atoms with Crippen molar-refractivity contribution in [1.82, 2.24) is 0 Å². The van der Waals surface area contributed by atoms with E-state index in [0.717, 1.165) is 32.1 Å². The molecule has 6 heteroatoms. The number of carbonyl (C=O) groups excluding carboxylic acids is 2. The molecule has 4 nitrogen and oxygen atoms in total. The van der Waals surface area contributed by atoms with E-state index in [-0.39, 0.29) is 0 Å². The van der Waals surface area contributed by atoms with Gasteiger partial charge in [-0.3, -0.25) is 0 Å². The van der Waals surface area contributed by atoms with Crippen LogP contribution >= 0.6 is 0 Å². The Balaban J connectivity index is 1.90. The average molecular weight is 304 g/mol. The Morgan fingerprint density at radius 3 is 2.52 bits per heavy atom. The highest BCUT2D eigenvalue weighted by molar-refractivity contribution is 5.80. The van der Waals surface area contributed by atoms with Gasteiger partial charge in [0.05, 0.1) is 0 Å². The quantitative estimate of drug-likeness (QED) is 0.708. The lowest BCUT2D eigenvalue weighted by Crippen LogP contribution is -2.41. The third-order valence-corrected chi connectivity index (χ3v) is 4.59. The van der Waals surface area contributed by atoms with Gasteiger partial charge in [0.1, 0.15) is 5.60 Å². The number of halogens is 2. The zero-order valence-electron chi connectivity index (χ0n) is 12.5. The van der Waals surface area contributed by atoms with Crippen molar-refractivity contribution in [3.05, 3.63) is 0 Å². The first-order valence-electron chi connectivity index (χ1n) is 7.53. The molecule has 2 aliphatic carbocycles. The van der Waals surface area contributed by atoms with Crippen molar-refractivity contribution in [3.63, 3.8) is 0 Å². The van der Waals surface area contributed by atoms with Crippen LogP contribution in [0, 0.1) is 11.8 Å². The molecule has 0 spiro atoms. The Morgan fingerprint density at radius 2 is 2.05 bits per heavy atom. The van der Waals surface area contributed by atoms with Gasteiger partial charge in [0.15, 0.2) is 6.61 Å². The van der Waals surface area contributed by atoms with Gasteiger partial charge in [-0.05, 0) is 43.9 Å². The maximum Gasteiger partial charge on any atom is 0.377 e. The Kier molecular flexibility index (Phi) is 4.54. The van der Waals surface area contributed by atoms with Gasteiger partial charge in [-0.15, -0.1) is 0 Å². The largest absolute Gasteiger partial charge is 0.456 e. The number of rotatable bonds is 6. The zero-order valence-corrected chi connectivity index (χ0v) is 12.5. The third kappa shape index (κ3) is 3.52. The second-order valence-electron chi connectivity index (χ2n) is 6.33. The molecule has 0 aromatic carbocycles. The van der Waals surface area contributed by atoms with Crippen LogP contribution in [0.1, 0.15) is 52.4 Å². The monoisotopic (exact) mass is 304 g/mol. The fourth-order valence-corrected chi connectivity index (χ4v) is 3.81. The molecule has 120 valence electrons. The fourth-order valence-electron chi connectivity index (χ4n) is 3.81. The molecule has 2 saturated carbocycles. The number of fused-ring (bicyclic) bond motifs is 2. The molecule has 0 radical (unpaired) electrons. The van der Waals surface area contributed by atoms with Gasteiger partial charge in [0, 0.05) is 6.92 Å². The first kappa shape index (κ1) is 16.2. The molecule has 0 N–H and O–H groups in total. The Hall–Kier alpha value is -1.20. The van der Waals surface area contributed by atoms with Gasteiger partial charge in [-0.2, -0.15) is 8.78 Å². The summed E-state index contributed by atoms with van der Waals surface area (Å²) in [5.41, 5.74) is -0.476. The van der Waals surface area contributed by atoms with Crippen LogP contribution in [-0.4, -0.2) is 30.1 Å². The van der Waals surface area contributed by atoms with Crippen LogP contribution in [0.5, 0.6) is 0 Å². The van der Waals surface area contributed by atoms with Gasteiger partial charge in [0.25, 0.3) is 0 Å². The maximum absolute atomic E-state index is 12.7. The summed E-state index contributed by atoms with van der Waals surface area (Å²) >= 11 is 0. The van der Waals surface area contributed by atoms with Gasteiger partial charge in [-0.1, -0.05) is 13.3 Å². The highest BCUT2D eigenvalue weighted by Crippen LogP contribution is 2.54. The van der Waals surface area contributed by atoms with Crippen molar-refractivity contribution in [2.24, 2.45) is 11.8 Å². The van der Waals surface area contributed by atoms with Crippen molar-refractivity contribution in [2.75, 3.05) is 6.61 Å². The van der Waals surface area contributed by atoms with E-state index in [9.17, 15) is 18.4 Å². The predicted molar refractivity (Wildman–Crippen MR) is 70.8 cm³/mol. The summed E-state index contributed by atoms with van der Waals surface area (Å²) in [4.78, 5) is 22.8. The topological polar surface area (TPSA) is 52.6 Å². The highest BCUT2D eigenvalue weighted by atomic mass is 19.3. The molecule has 0 saturated heterocycles. The molecule has 0 aromatic rings. The first-order chi connectivity index (χ1) is 9.77. The average Bonchev–Trinajstić information content (AvgIpc) is 2.95. The molecule has 2 bridgehead atoms. The lowest BCUT2D eigenvalue weighted by atomic mass is 9.81. The second kappa shape index (κ2) is 5.89. The number of hydrogen-bond acceptors (Lipinski definition) is 4. The van der Waals surface area contributed by atoms with E-state index in [2.05, 4.69) is 4.74 Å². The number of ether oxygens (including phenoxy) is 2. The molecule has 2 fully saturated rings. The molecule has 0 aliphatic heterocycles. The summed E-state index contributed by atoms with van der Waals surface area (Å²) in [5.74, 6) is -5.06. The van der Waals surface area contributed by atoms with Crippen LogP contribution in [-0.2, 0) is 19.1 Å². The van der Waals surface area contributed by atoms with Crippen LogP contribution < -0.4 is 0 Å². The predicted octanol–water partition coefficient (Wildman–Crippen LogP) is 3.09. The number of alkyl halides is 2. The molecule has 0 amide bonds. The van der Waals surface area contributed by atoms with Crippen LogP contribution in [0.25, 0.3) is 0 Å². The summed E-state index contributed by atoms with van der Waals surface area (Å²) in [7, 11) is 0. The molecule has 2 rings (SSSR count). The van der Waals surface area contributed by atoms with Crippen LogP contribution in [0.15, 0.2) is 0 Å². The minimum absolute atomic E-state index is 0.356. The standard InChI is InChI=1S/C15H22F2O4/c1-3-6-15(8-10-4-5-11(15)7-10)21-12(18)9-20-13(19)14(2,16)17/h10-11H,3-9H2,1-2H3. The SMILES string of the molecule is CCCC1(OC(=O)COC(=O)C(C)(F)F)CC2CCC1C2. The number of esters is 2. The molecule has 21 heavy (non-hydrogen) atoms. The number of carbonyl (C=O) groups is 2. The van der Waals surface area contributed by atoms with E-state index >= 15 is 0 Å². The minimum Gasteiger partial charge on any atom is -0.456 e. The molecule has 3 atom stereocenters. The zero-order chi connectivity index (χ0) is 15.7. The minimum atomic E-state index is -3.59. The van der Waals surface area contributed by atoms with Crippen molar-refractivity contribution in [3.8, 4) is 0 Å². The van der Waals surface area contributed by atoms with Gasteiger partial charge in [-0.25, -0.2) is 9.59 Å². The Labute approximate surface area is 123 Å². The summed E-state index contributed by atoms with van der Waals surface area (Å²) in [6.07, 6.45) is 5.80. The molecule has 0 heterocycles. The summed E-state index contributed by atoms with van der Waals surface area (Å²) in [6.45, 7) is 1.72. The normalized spacial score (nSPS) is 31.2. The van der Waals surface area contributed by atoms with Crippen LogP contribution in [0.3, 0.4) is 0 Å². The fraction of sp³-hybridized carbons (Fsp3) is 0.867. The van der Waals surface area contributed by atoms with E-state index in [4.69, 9.17) is 4.74 Å². The molecular weight excluding hydrogens is 282 g/mol. The molecular formula is C15H22F2O4. The molecule has 3 unspecified atom stereocenters. The van der Waals surface area contributed by atoms with E-state index < -0.39 is 30.1 Å². The van der Waals surface area contributed by atoms with Crippen LogP contribution in [0.2, 0.25) is 0 Å². The smallest absolute Gasteiger partial charge is 0.377 e. The van der Waals surface area contributed by atoms with Crippen molar-refractivity contribution >= 4 is 11.9 Å². The van der Waals surface area contributed by atoms with Gasteiger partial charge >= 0.3 is 17.9 Å². The molecule has 0 aromatic heterocycles. The lowest BCUT2D eigenvalue weighted by molar-refractivity contribution is -0.184. The Morgan fingerprint density at radius 1 is 1.33 bits per heavy atom. The first-order valence-corrected chi connectivity index (χ1v) is 7.53. The van der Waals surface area contributed by atoms with Gasteiger partial charge < -0.3 is 9.47 Å². The van der Waals surface area contributed by atoms with E-state index in [0.29, 0.717) is 18.8 Å².